The van der Waals surface area contributed by atoms with Crippen molar-refractivity contribution in [1.82, 2.24) is 0 Å². The summed E-state index contributed by atoms with van der Waals surface area (Å²) < 4.78 is 9.95. The second-order valence-electron chi connectivity index (χ2n) is 3.67. The Hall–Kier alpha value is -1.63. The molecule has 0 bridgehead atoms. The fourth-order valence-electron chi connectivity index (χ4n) is 1.63. The van der Waals surface area contributed by atoms with Gasteiger partial charge in [0.1, 0.15) is 5.75 Å². The number of hydrogen-bond acceptors (Lipinski definition) is 5. The van der Waals surface area contributed by atoms with Crippen molar-refractivity contribution in [2.24, 2.45) is 0 Å². The van der Waals surface area contributed by atoms with E-state index in [1.54, 1.807) is 6.92 Å². The minimum Gasteiger partial charge on any atom is -0.496 e. The highest BCUT2D eigenvalue weighted by Crippen LogP contribution is 2.30. The molecule has 0 N–H and O–H groups in total. The summed E-state index contributed by atoms with van der Waals surface area (Å²) in [6, 6.07) is 2.91. The molecule has 6 nitrogen and oxygen atoms in total. The number of rotatable bonds is 6. The molecule has 0 saturated carbocycles. The molecule has 1 aromatic rings. The number of ether oxygens (including phenoxy) is 2. The zero-order chi connectivity index (χ0) is 14.4. The Kier molecular flexibility index (Phi) is 5.75. The number of methoxy groups -OCH3 is 1. The molecule has 0 aliphatic carbocycles. The van der Waals surface area contributed by atoms with Gasteiger partial charge in [-0.25, -0.2) is 0 Å². The van der Waals surface area contributed by atoms with E-state index in [0.29, 0.717) is 16.6 Å². The molecule has 0 fully saturated rings. The van der Waals surface area contributed by atoms with Gasteiger partial charge in [0.2, 0.25) is 0 Å². The summed E-state index contributed by atoms with van der Waals surface area (Å²) in [7, 11) is 1.47. The van der Waals surface area contributed by atoms with Crippen molar-refractivity contribution < 1.29 is 19.2 Å². The Morgan fingerprint density at radius 3 is 2.58 bits per heavy atom. The van der Waals surface area contributed by atoms with Crippen LogP contribution in [0.25, 0.3) is 0 Å². The predicted octanol–water partition coefficient (Wildman–Crippen LogP) is 2.60. The highest BCUT2D eigenvalue weighted by Gasteiger charge is 2.20. The van der Waals surface area contributed by atoms with Gasteiger partial charge >= 0.3 is 5.97 Å². The number of nitro benzene ring substituents is 1. The molecule has 0 radical (unpaired) electrons. The van der Waals surface area contributed by atoms with Crippen LogP contribution in [0.15, 0.2) is 12.1 Å². The van der Waals surface area contributed by atoms with Gasteiger partial charge in [0.05, 0.1) is 25.1 Å². The molecular weight excluding hydrogens is 318 g/mol. The fourth-order valence-corrected chi connectivity index (χ4v) is 2.07. The molecule has 0 aliphatic heterocycles. The first-order chi connectivity index (χ1) is 9.03. The van der Waals surface area contributed by atoms with Crippen LogP contribution in [0.1, 0.15) is 18.1 Å². The predicted molar refractivity (Wildman–Crippen MR) is 72.6 cm³/mol. The van der Waals surface area contributed by atoms with Gasteiger partial charge in [-0.1, -0.05) is 15.9 Å². The molecule has 0 saturated heterocycles. The van der Waals surface area contributed by atoms with E-state index in [4.69, 9.17) is 9.47 Å². The summed E-state index contributed by atoms with van der Waals surface area (Å²) in [6.45, 7) is 1.92. The number of nitrogens with zero attached hydrogens (tertiary/aromatic N) is 1. The van der Waals surface area contributed by atoms with E-state index in [0.717, 1.165) is 0 Å². The molecule has 7 heteroatoms. The summed E-state index contributed by atoms with van der Waals surface area (Å²) in [5.74, 6) is 0.000943. The molecule has 0 amide bonds. The summed E-state index contributed by atoms with van der Waals surface area (Å²) >= 11 is 3.24. The smallest absolute Gasteiger partial charge is 0.310 e. The third-order valence-corrected chi connectivity index (χ3v) is 3.07. The Labute approximate surface area is 119 Å². The third-order valence-electron chi connectivity index (χ3n) is 2.46. The van der Waals surface area contributed by atoms with Crippen molar-refractivity contribution in [3.05, 3.63) is 33.4 Å². The third kappa shape index (κ3) is 3.92. The Morgan fingerprint density at radius 1 is 1.42 bits per heavy atom. The van der Waals surface area contributed by atoms with Crippen molar-refractivity contribution >= 4 is 27.6 Å². The fraction of sp³-hybridized carbons (Fsp3) is 0.417. The lowest BCUT2D eigenvalue weighted by Crippen LogP contribution is -2.10. The van der Waals surface area contributed by atoms with Crippen LogP contribution < -0.4 is 4.74 Å². The van der Waals surface area contributed by atoms with Crippen LogP contribution in [0.3, 0.4) is 0 Å². The highest BCUT2D eigenvalue weighted by atomic mass is 79.9. The lowest BCUT2D eigenvalue weighted by Gasteiger charge is -2.09. The first kappa shape index (κ1) is 15.4. The Balaban J connectivity index is 3.19. The van der Waals surface area contributed by atoms with Crippen molar-refractivity contribution in [3.8, 4) is 5.75 Å². The lowest BCUT2D eigenvalue weighted by atomic mass is 10.1. The van der Waals surface area contributed by atoms with Crippen molar-refractivity contribution in [2.45, 2.75) is 18.7 Å². The molecule has 0 aliphatic rings. The molecule has 1 rings (SSSR count). The number of benzene rings is 1. The topological polar surface area (TPSA) is 78.7 Å². The second-order valence-corrected chi connectivity index (χ2v) is 4.23. The van der Waals surface area contributed by atoms with Crippen molar-refractivity contribution in [1.29, 1.82) is 0 Å². The first-order valence-electron chi connectivity index (χ1n) is 5.59. The van der Waals surface area contributed by atoms with Gasteiger partial charge in [0.25, 0.3) is 5.69 Å². The first-order valence-corrected chi connectivity index (χ1v) is 6.71. The van der Waals surface area contributed by atoms with Gasteiger partial charge < -0.3 is 9.47 Å². The number of hydrogen-bond donors (Lipinski definition) is 0. The number of alkyl halides is 1. The maximum Gasteiger partial charge on any atom is 0.310 e. The van der Waals surface area contributed by atoms with Crippen LogP contribution in [-0.4, -0.2) is 24.6 Å². The van der Waals surface area contributed by atoms with Gasteiger partial charge in [-0.2, -0.15) is 0 Å². The van der Waals surface area contributed by atoms with Crippen LogP contribution in [0.4, 0.5) is 5.69 Å². The number of esters is 1. The second kappa shape index (κ2) is 7.08. The summed E-state index contributed by atoms with van der Waals surface area (Å²) in [4.78, 5) is 22.0. The van der Waals surface area contributed by atoms with Gasteiger partial charge in [-0.15, -0.1) is 0 Å². The van der Waals surface area contributed by atoms with Crippen molar-refractivity contribution in [3.63, 3.8) is 0 Å². The molecule has 0 aromatic heterocycles. The van der Waals surface area contributed by atoms with E-state index >= 15 is 0 Å². The van der Waals surface area contributed by atoms with Crippen LogP contribution in [0, 0.1) is 10.1 Å². The molecule has 0 atom stereocenters. The van der Waals surface area contributed by atoms with Gasteiger partial charge in [-0.05, 0) is 13.0 Å². The van der Waals surface area contributed by atoms with Crippen LogP contribution in [0.2, 0.25) is 0 Å². The van der Waals surface area contributed by atoms with Gasteiger partial charge in [0.15, 0.2) is 0 Å². The standard InChI is InChI=1S/C12H14BrNO5/c1-3-19-12(15)6-8-5-11(18-2)9(7-13)4-10(8)14(16)17/h4-5H,3,6-7H2,1-2H3. The molecule has 1 aromatic carbocycles. The average Bonchev–Trinajstić information content (AvgIpc) is 2.38. The molecule has 19 heavy (non-hydrogen) atoms. The zero-order valence-corrected chi connectivity index (χ0v) is 12.2. The molecule has 0 unspecified atom stereocenters. The Bertz CT molecular complexity index is 489. The number of halogens is 1. The molecule has 104 valence electrons. The van der Waals surface area contributed by atoms with E-state index in [1.807, 2.05) is 0 Å². The minimum absolute atomic E-state index is 0.108. The minimum atomic E-state index is -0.514. The number of carbonyl (C=O) groups is 1. The molecular formula is C12H14BrNO5. The largest absolute Gasteiger partial charge is 0.496 e. The van der Waals surface area contributed by atoms with E-state index in [9.17, 15) is 14.9 Å². The summed E-state index contributed by atoms with van der Waals surface area (Å²) in [5.41, 5.74) is 0.829. The van der Waals surface area contributed by atoms with Crippen molar-refractivity contribution in [2.75, 3.05) is 13.7 Å². The highest BCUT2D eigenvalue weighted by molar-refractivity contribution is 9.08. The number of nitro groups is 1. The monoisotopic (exact) mass is 331 g/mol. The molecule has 0 spiro atoms. The maximum atomic E-state index is 11.4. The SMILES string of the molecule is CCOC(=O)Cc1cc(OC)c(CBr)cc1[N+](=O)[O-]. The lowest BCUT2D eigenvalue weighted by molar-refractivity contribution is -0.385. The van der Waals surface area contributed by atoms with Gasteiger partial charge in [0, 0.05) is 22.5 Å². The van der Waals surface area contributed by atoms with Crippen LogP contribution in [-0.2, 0) is 21.3 Å². The maximum absolute atomic E-state index is 11.4. The van der Waals surface area contributed by atoms with Crippen LogP contribution >= 0.6 is 15.9 Å². The van der Waals surface area contributed by atoms with Crippen LogP contribution in [0.5, 0.6) is 5.75 Å². The zero-order valence-electron chi connectivity index (χ0n) is 10.6. The van der Waals surface area contributed by atoms with E-state index in [-0.39, 0.29) is 24.3 Å². The van der Waals surface area contributed by atoms with E-state index in [1.165, 1.54) is 19.2 Å². The van der Waals surface area contributed by atoms with Gasteiger partial charge in [-0.3, -0.25) is 14.9 Å². The number of carbonyl (C=O) groups excluding carboxylic acids is 1. The van der Waals surface area contributed by atoms with E-state index < -0.39 is 10.9 Å². The Morgan fingerprint density at radius 2 is 2.11 bits per heavy atom. The quantitative estimate of drug-likeness (QED) is 0.346. The average molecular weight is 332 g/mol. The normalized spacial score (nSPS) is 10.1. The summed E-state index contributed by atoms with van der Waals surface area (Å²) in [6.07, 6.45) is -0.150. The summed E-state index contributed by atoms with van der Waals surface area (Å²) in [5, 5.41) is 11.5. The molecule has 0 heterocycles. The van der Waals surface area contributed by atoms with E-state index in [2.05, 4.69) is 15.9 Å².